The summed E-state index contributed by atoms with van der Waals surface area (Å²) in [4.78, 5) is 14.6. The smallest absolute Gasteiger partial charge is 0.314 e. The minimum Gasteiger partial charge on any atom is -0.493 e. The van der Waals surface area contributed by atoms with Gasteiger partial charge in [-0.3, -0.25) is 4.90 Å². The molecule has 0 spiro atoms. The zero-order valence-electron chi connectivity index (χ0n) is 18.0. The summed E-state index contributed by atoms with van der Waals surface area (Å²) in [6, 6.07) is 11.9. The van der Waals surface area contributed by atoms with Gasteiger partial charge in [-0.2, -0.15) is 0 Å². The van der Waals surface area contributed by atoms with Gasteiger partial charge in [0, 0.05) is 26.2 Å². The van der Waals surface area contributed by atoms with Crippen LogP contribution in [0.3, 0.4) is 0 Å². The Morgan fingerprint density at radius 2 is 1.87 bits per heavy atom. The summed E-state index contributed by atoms with van der Waals surface area (Å²) in [5.74, 6) is 1.04. The molecule has 2 aromatic carbocycles. The molecule has 0 radical (unpaired) electrons. The average molecular weight is 432 g/mol. The lowest BCUT2D eigenvalue weighted by Gasteiger charge is -2.35. The van der Waals surface area contributed by atoms with Gasteiger partial charge in [-0.25, -0.2) is 9.18 Å². The van der Waals surface area contributed by atoms with Crippen molar-refractivity contribution in [2.24, 2.45) is 0 Å². The van der Waals surface area contributed by atoms with Crippen LogP contribution in [0, 0.1) is 5.82 Å². The SMILES string of the molecule is COc1ccc(C(CNC(=O)NCCc2cccc(F)c2)N2CCOCC2)cc1OC. The first-order valence-corrected chi connectivity index (χ1v) is 10.4. The molecule has 0 aromatic heterocycles. The molecule has 0 saturated carbocycles. The molecule has 1 aliphatic rings. The van der Waals surface area contributed by atoms with E-state index in [2.05, 4.69) is 15.5 Å². The Bertz CT molecular complexity index is 858. The number of halogens is 1. The number of morpholine rings is 1. The van der Waals surface area contributed by atoms with Gasteiger partial charge in [0.2, 0.25) is 0 Å². The molecule has 2 amide bonds. The minimum atomic E-state index is -0.273. The molecule has 1 fully saturated rings. The molecule has 3 rings (SSSR count). The molecule has 1 saturated heterocycles. The monoisotopic (exact) mass is 431 g/mol. The van der Waals surface area contributed by atoms with Gasteiger partial charge in [0.15, 0.2) is 11.5 Å². The molecular formula is C23H30FN3O4. The number of hydrogen-bond donors (Lipinski definition) is 2. The van der Waals surface area contributed by atoms with Gasteiger partial charge in [-0.1, -0.05) is 18.2 Å². The first-order valence-electron chi connectivity index (χ1n) is 10.4. The largest absolute Gasteiger partial charge is 0.493 e. The molecule has 1 atom stereocenters. The van der Waals surface area contributed by atoms with E-state index in [0.717, 1.165) is 24.2 Å². The van der Waals surface area contributed by atoms with Crippen LogP contribution in [0.25, 0.3) is 0 Å². The number of nitrogens with zero attached hydrogens (tertiary/aromatic N) is 1. The molecular weight excluding hydrogens is 401 g/mol. The molecule has 1 heterocycles. The van der Waals surface area contributed by atoms with Crippen LogP contribution in [0.5, 0.6) is 11.5 Å². The van der Waals surface area contributed by atoms with E-state index in [1.54, 1.807) is 20.3 Å². The maximum absolute atomic E-state index is 13.3. The highest BCUT2D eigenvalue weighted by Gasteiger charge is 2.24. The molecule has 8 heteroatoms. The molecule has 2 aromatic rings. The number of carbonyl (C=O) groups excluding carboxylic acids is 1. The molecule has 2 N–H and O–H groups in total. The maximum atomic E-state index is 13.3. The lowest BCUT2D eigenvalue weighted by atomic mass is 10.0. The number of hydrogen-bond acceptors (Lipinski definition) is 5. The summed E-state index contributed by atoms with van der Waals surface area (Å²) in [5.41, 5.74) is 1.87. The van der Waals surface area contributed by atoms with Gasteiger partial charge in [0.05, 0.1) is 33.5 Å². The van der Waals surface area contributed by atoms with Crippen molar-refractivity contribution >= 4 is 6.03 Å². The lowest BCUT2D eigenvalue weighted by molar-refractivity contribution is 0.0166. The summed E-state index contributed by atoms with van der Waals surface area (Å²) >= 11 is 0. The quantitative estimate of drug-likeness (QED) is 0.639. The van der Waals surface area contributed by atoms with E-state index >= 15 is 0 Å². The fraction of sp³-hybridized carbons (Fsp3) is 0.435. The Morgan fingerprint density at radius 1 is 1.10 bits per heavy atom. The predicted molar refractivity (Wildman–Crippen MR) is 116 cm³/mol. The third-order valence-electron chi connectivity index (χ3n) is 5.32. The van der Waals surface area contributed by atoms with E-state index in [9.17, 15) is 9.18 Å². The second-order valence-electron chi connectivity index (χ2n) is 7.30. The van der Waals surface area contributed by atoms with Crippen LogP contribution >= 0.6 is 0 Å². The highest BCUT2D eigenvalue weighted by Crippen LogP contribution is 2.32. The highest BCUT2D eigenvalue weighted by atomic mass is 19.1. The normalized spacial score (nSPS) is 15.2. The van der Waals surface area contributed by atoms with Crippen LogP contribution in [0.1, 0.15) is 17.2 Å². The third-order valence-corrected chi connectivity index (χ3v) is 5.32. The summed E-state index contributed by atoms with van der Waals surface area (Å²) in [7, 11) is 3.21. The Balaban J connectivity index is 1.60. The zero-order chi connectivity index (χ0) is 22.1. The van der Waals surface area contributed by atoms with Gasteiger partial charge in [0.1, 0.15) is 5.82 Å². The number of rotatable bonds is 9. The van der Waals surface area contributed by atoms with Gasteiger partial charge >= 0.3 is 6.03 Å². The first-order chi connectivity index (χ1) is 15.1. The summed E-state index contributed by atoms with van der Waals surface area (Å²) in [5, 5.41) is 5.80. The lowest BCUT2D eigenvalue weighted by Crippen LogP contribution is -2.46. The Morgan fingerprint density at radius 3 is 2.58 bits per heavy atom. The Hall–Kier alpha value is -2.84. The van der Waals surface area contributed by atoms with Crippen molar-refractivity contribution in [2.75, 3.05) is 53.6 Å². The van der Waals surface area contributed by atoms with Gasteiger partial charge in [0.25, 0.3) is 0 Å². The number of ether oxygens (including phenoxy) is 3. The molecule has 168 valence electrons. The summed E-state index contributed by atoms with van der Waals surface area (Å²) < 4.78 is 29.5. The Kier molecular flexibility index (Phi) is 8.49. The molecule has 0 aliphatic carbocycles. The van der Waals surface area contributed by atoms with Gasteiger partial charge in [-0.05, 0) is 41.8 Å². The van der Waals surface area contributed by atoms with E-state index in [4.69, 9.17) is 14.2 Å². The molecule has 0 bridgehead atoms. The van der Waals surface area contributed by atoms with Crippen LogP contribution in [0.15, 0.2) is 42.5 Å². The fourth-order valence-corrected chi connectivity index (χ4v) is 3.67. The second kappa shape index (κ2) is 11.5. The van der Waals surface area contributed by atoms with Crippen molar-refractivity contribution < 1.29 is 23.4 Å². The van der Waals surface area contributed by atoms with Crippen LogP contribution < -0.4 is 20.1 Å². The van der Waals surface area contributed by atoms with Crippen LogP contribution in [0.2, 0.25) is 0 Å². The topological polar surface area (TPSA) is 72.1 Å². The molecule has 31 heavy (non-hydrogen) atoms. The average Bonchev–Trinajstić information content (AvgIpc) is 2.80. The number of urea groups is 1. The number of benzene rings is 2. The molecule has 1 aliphatic heterocycles. The van der Waals surface area contributed by atoms with Crippen molar-refractivity contribution in [2.45, 2.75) is 12.5 Å². The van der Waals surface area contributed by atoms with Crippen molar-refractivity contribution in [3.05, 3.63) is 59.4 Å². The first kappa shape index (κ1) is 22.8. The number of carbonyl (C=O) groups is 1. The highest BCUT2D eigenvalue weighted by molar-refractivity contribution is 5.73. The van der Waals surface area contributed by atoms with E-state index in [0.29, 0.717) is 44.2 Å². The van der Waals surface area contributed by atoms with E-state index in [1.165, 1.54) is 12.1 Å². The van der Waals surface area contributed by atoms with E-state index < -0.39 is 0 Å². The number of methoxy groups -OCH3 is 2. The van der Waals surface area contributed by atoms with Crippen molar-refractivity contribution in [3.8, 4) is 11.5 Å². The van der Waals surface area contributed by atoms with Crippen LogP contribution in [-0.2, 0) is 11.2 Å². The maximum Gasteiger partial charge on any atom is 0.314 e. The molecule has 7 nitrogen and oxygen atoms in total. The standard InChI is InChI=1S/C23H30FN3O4/c1-29-21-7-6-18(15-22(21)30-2)20(27-10-12-31-13-11-27)16-26-23(28)25-9-8-17-4-3-5-19(24)14-17/h3-7,14-15,20H,8-13,16H2,1-2H3,(H2,25,26,28). The van der Waals surface area contributed by atoms with Crippen LogP contribution in [0.4, 0.5) is 9.18 Å². The van der Waals surface area contributed by atoms with Gasteiger partial charge in [-0.15, -0.1) is 0 Å². The van der Waals surface area contributed by atoms with E-state index in [-0.39, 0.29) is 17.9 Å². The van der Waals surface area contributed by atoms with Crippen LogP contribution in [-0.4, -0.2) is 64.5 Å². The number of nitrogens with one attached hydrogen (secondary N) is 2. The van der Waals surface area contributed by atoms with Crippen molar-refractivity contribution in [1.82, 2.24) is 15.5 Å². The molecule has 1 unspecified atom stereocenters. The van der Waals surface area contributed by atoms with Crippen molar-refractivity contribution in [1.29, 1.82) is 0 Å². The zero-order valence-corrected chi connectivity index (χ0v) is 18.0. The predicted octanol–water partition coefficient (Wildman–Crippen LogP) is 2.76. The number of amides is 2. The van der Waals surface area contributed by atoms with Crippen molar-refractivity contribution in [3.63, 3.8) is 0 Å². The second-order valence-corrected chi connectivity index (χ2v) is 7.30. The fourth-order valence-electron chi connectivity index (χ4n) is 3.67. The summed E-state index contributed by atoms with van der Waals surface area (Å²) in [6.07, 6.45) is 0.563. The third kappa shape index (κ3) is 6.57. The van der Waals surface area contributed by atoms with E-state index in [1.807, 2.05) is 24.3 Å². The summed E-state index contributed by atoms with van der Waals surface area (Å²) in [6.45, 7) is 3.73. The Labute approximate surface area is 182 Å². The van der Waals surface area contributed by atoms with Gasteiger partial charge < -0.3 is 24.8 Å². The minimum absolute atomic E-state index is 0.0299.